The van der Waals surface area contributed by atoms with Gasteiger partial charge >= 0.3 is 5.37 Å². The fourth-order valence-corrected chi connectivity index (χ4v) is 3.75. The summed E-state index contributed by atoms with van der Waals surface area (Å²) in [4.78, 5) is 17.4. The maximum atomic E-state index is 11.6. The zero-order valence-corrected chi connectivity index (χ0v) is 16.7. The second-order valence-electron chi connectivity index (χ2n) is 6.15. The minimum absolute atomic E-state index is 0.120. The average molecular weight is 434 g/mol. The number of likely N-dealkylation sites (tertiary alicyclic amines) is 1. The number of carbonyl (C=O) groups is 1. The quantitative estimate of drug-likeness (QED) is 0.436. The maximum Gasteiger partial charge on any atom is 0.316 e. The van der Waals surface area contributed by atoms with Crippen molar-refractivity contribution in [1.82, 2.24) is 9.88 Å². The van der Waals surface area contributed by atoms with Crippen LogP contribution in [-0.4, -0.2) is 34.9 Å². The predicted octanol–water partition coefficient (Wildman–Crippen LogP) is 5.89. The fraction of sp³-hybridized carbons (Fsp3) is 0.333. The van der Waals surface area contributed by atoms with Gasteiger partial charge in [-0.15, -0.1) is 0 Å². The van der Waals surface area contributed by atoms with Gasteiger partial charge in [0.05, 0.1) is 21.7 Å². The average Bonchev–Trinajstić information content (AvgIpc) is 3.04. The summed E-state index contributed by atoms with van der Waals surface area (Å²) < 4.78 is 5.69. The van der Waals surface area contributed by atoms with E-state index in [4.69, 9.17) is 51.1 Å². The summed E-state index contributed by atoms with van der Waals surface area (Å²) in [5, 5.41) is 1.12. The SMILES string of the molecule is O=C(Cl)N1CC(CCOc2ccc(Cl)cn2)C(c2ccc(Cl)c(Cl)c2)C1. The second kappa shape index (κ2) is 8.66. The number of aromatic nitrogens is 1. The number of benzene rings is 1. The molecule has 1 saturated heterocycles. The lowest BCUT2D eigenvalue weighted by Gasteiger charge is -2.19. The Labute approximate surface area is 172 Å². The minimum atomic E-state index is -0.446. The van der Waals surface area contributed by atoms with E-state index in [1.807, 2.05) is 12.1 Å². The Kier molecular flexibility index (Phi) is 6.51. The van der Waals surface area contributed by atoms with Crippen molar-refractivity contribution in [2.24, 2.45) is 5.92 Å². The Morgan fingerprint density at radius 2 is 1.96 bits per heavy atom. The molecule has 26 heavy (non-hydrogen) atoms. The third kappa shape index (κ3) is 4.74. The third-order valence-corrected chi connectivity index (χ3v) is 5.70. The van der Waals surface area contributed by atoms with Gasteiger partial charge in [0.1, 0.15) is 0 Å². The zero-order valence-electron chi connectivity index (χ0n) is 13.7. The van der Waals surface area contributed by atoms with Crippen molar-refractivity contribution >= 4 is 51.8 Å². The van der Waals surface area contributed by atoms with E-state index >= 15 is 0 Å². The summed E-state index contributed by atoms with van der Waals surface area (Å²) in [6.07, 6.45) is 2.29. The van der Waals surface area contributed by atoms with Crippen LogP contribution in [0, 0.1) is 5.92 Å². The van der Waals surface area contributed by atoms with E-state index in [0.29, 0.717) is 40.6 Å². The van der Waals surface area contributed by atoms with Crippen LogP contribution in [-0.2, 0) is 0 Å². The van der Waals surface area contributed by atoms with Crippen molar-refractivity contribution in [2.75, 3.05) is 19.7 Å². The standard InChI is InChI=1S/C18H16Cl4N2O2/c19-13-2-4-17(23-8-13)26-6-5-12-9-24(18(22)25)10-14(12)11-1-3-15(20)16(21)7-11/h1-4,7-8,12,14H,5-6,9-10H2. The van der Waals surface area contributed by atoms with Gasteiger partial charge < -0.3 is 9.64 Å². The lowest BCUT2D eigenvalue weighted by molar-refractivity contribution is 0.227. The van der Waals surface area contributed by atoms with Crippen molar-refractivity contribution in [3.63, 3.8) is 0 Å². The van der Waals surface area contributed by atoms with Gasteiger partial charge in [-0.3, -0.25) is 4.79 Å². The number of hydrogen-bond acceptors (Lipinski definition) is 3. The highest BCUT2D eigenvalue weighted by Crippen LogP contribution is 2.37. The number of pyridine rings is 1. The van der Waals surface area contributed by atoms with Gasteiger partial charge in [0.2, 0.25) is 5.88 Å². The molecule has 3 rings (SSSR count). The predicted molar refractivity (Wildman–Crippen MR) is 105 cm³/mol. The van der Waals surface area contributed by atoms with E-state index in [0.717, 1.165) is 12.0 Å². The topological polar surface area (TPSA) is 42.4 Å². The minimum Gasteiger partial charge on any atom is -0.478 e. The molecule has 2 heterocycles. The first-order chi connectivity index (χ1) is 12.4. The van der Waals surface area contributed by atoms with Gasteiger partial charge in [0.25, 0.3) is 0 Å². The van der Waals surface area contributed by atoms with Gasteiger partial charge in [0.15, 0.2) is 0 Å². The van der Waals surface area contributed by atoms with E-state index in [2.05, 4.69) is 4.98 Å². The van der Waals surface area contributed by atoms with Gasteiger partial charge in [0, 0.05) is 31.3 Å². The molecule has 0 N–H and O–H groups in total. The molecule has 4 nitrogen and oxygen atoms in total. The van der Waals surface area contributed by atoms with Crippen LogP contribution in [0.25, 0.3) is 0 Å². The molecule has 0 aliphatic carbocycles. The summed E-state index contributed by atoms with van der Waals surface area (Å²) in [6, 6.07) is 9.02. The number of amides is 1. The molecule has 1 amide bonds. The Bertz CT molecular complexity index is 785. The number of ether oxygens (including phenoxy) is 1. The second-order valence-corrected chi connectivity index (χ2v) is 7.72. The molecule has 1 aromatic carbocycles. The summed E-state index contributed by atoms with van der Waals surface area (Å²) in [5.74, 6) is 0.834. The Morgan fingerprint density at radius 1 is 1.15 bits per heavy atom. The van der Waals surface area contributed by atoms with Crippen molar-refractivity contribution in [3.05, 3.63) is 57.2 Å². The van der Waals surface area contributed by atoms with Crippen LogP contribution < -0.4 is 4.74 Å². The maximum absolute atomic E-state index is 11.6. The van der Waals surface area contributed by atoms with Crippen LogP contribution in [0.2, 0.25) is 15.1 Å². The summed E-state index contributed by atoms with van der Waals surface area (Å²) in [7, 11) is 0. The lowest BCUT2D eigenvalue weighted by atomic mass is 9.87. The van der Waals surface area contributed by atoms with Gasteiger partial charge in [-0.2, -0.15) is 0 Å². The van der Waals surface area contributed by atoms with Crippen molar-refractivity contribution in [3.8, 4) is 5.88 Å². The van der Waals surface area contributed by atoms with Crippen LogP contribution >= 0.6 is 46.4 Å². The van der Waals surface area contributed by atoms with Crippen LogP contribution in [0.15, 0.2) is 36.5 Å². The molecule has 138 valence electrons. The summed E-state index contributed by atoms with van der Waals surface area (Å²) in [6.45, 7) is 1.59. The number of nitrogens with zero attached hydrogens (tertiary/aromatic N) is 2. The lowest BCUT2D eigenvalue weighted by Crippen LogP contribution is -2.23. The monoisotopic (exact) mass is 432 g/mol. The molecule has 0 radical (unpaired) electrons. The van der Waals surface area contributed by atoms with Gasteiger partial charge in [-0.05, 0) is 47.7 Å². The van der Waals surface area contributed by atoms with Crippen molar-refractivity contribution in [2.45, 2.75) is 12.3 Å². The molecule has 0 bridgehead atoms. The van der Waals surface area contributed by atoms with Crippen LogP contribution in [0.4, 0.5) is 4.79 Å². The zero-order chi connectivity index (χ0) is 18.7. The van der Waals surface area contributed by atoms with E-state index in [1.165, 1.54) is 0 Å². The summed E-state index contributed by atoms with van der Waals surface area (Å²) in [5.41, 5.74) is 1.04. The first-order valence-corrected chi connectivity index (χ1v) is 9.59. The van der Waals surface area contributed by atoms with E-state index < -0.39 is 5.37 Å². The molecule has 2 aromatic rings. The molecular formula is C18H16Cl4N2O2. The largest absolute Gasteiger partial charge is 0.478 e. The van der Waals surface area contributed by atoms with Crippen molar-refractivity contribution < 1.29 is 9.53 Å². The smallest absolute Gasteiger partial charge is 0.316 e. The molecule has 1 fully saturated rings. The molecule has 2 unspecified atom stereocenters. The van der Waals surface area contributed by atoms with Gasteiger partial charge in [-0.1, -0.05) is 40.9 Å². The number of halogens is 4. The highest BCUT2D eigenvalue weighted by molar-refractivity contribution is 6.62. The first-order valence-electron chi connectivity index (χ1n) is 8.07. The van der Waals surface area contributed by atoms with Crippen LogP contribution in [0.3, 0.4) is 0 Å². The molecule has 0 saturated carbocycles. The van der Waals surface area contributed by atoms with Gasteiger partial charge in [-0.25, -0.2) is 4.98 Å². The molecule has 1 aliphatic heterocycles. The molecule has 0 spiro atoms. The van der Waals surface area contributed by atoms with E-state index in [9.17, 15) is 4.79 Å². The molecular weight excluding hydrogens is 418 g/mol. The highest BCUT2D eigenvalue weighted by Gasteiger charge is 2.35. The first kappa shape index (κ1) is 19.6. The summed E-state index contributed by atoms with van der Waals surface area (Å²) >= 11 is 23.7. The third-order valence-electron chi connectivity index (χ3n) is 4.50. The van der Waals surface area contributed by atoms with Crippen LogP contribution in [0.1, 0.15) is 17.9 Å². The Morgan fingerprint density at radius 3 is 2.62 bits per heavy atom. The van der Waals surface area contributed by atoms with E-state index in [1.54, 1.807) is 29.3 Å². The highest BCUT2D eigenvalue weighted by atomic mass is 35.5. The number of carbonyl (C=O) groups excluding carboxylic acids is 1. The molecule has 1 aliphatic rings. The number of hydrogen-bond donors (Lipinski definition) is 0. The van der Waals surface area contributed by atoms with Crippen LogP contribution in [0.5, 0.6) is 5.88 Å². The Balaban J connectivity index is 1.68. The van der Waals surface area contributed by atoms with E-state index in [-0.39, 0.29) is 11.8 Å². The Hall–Kier alpha value is -1.20. The molecule has 1 aromatic heterocycles. The van der Waals surface area contributed by atoms with Crippen molar-refractivity contribution in [1.29, 1.82) is 0 Å². The molecule has 8 heteroatoms. The fourth-order valence-electron chi connectivity index (χ4n) is 3.19. The number of rotatable bonds is 5. The molecule has 2 atom stereocenters. The normalized spacial score (nSPS) is 19.6.